The molecule has 0 radical (unpaired) electrons. The Hall–Kier alpha value is -0.610. The molecular weight excluding hydrogens is 172 g/mol. The van der Waals surface area contributed by atoms with Crippen LogP contribution in [0.3, 0.4) is 0 Å². The molecule has 0 spiro atoms. The van der Waals surface area contributed by atoms with E-state index in [1.54, 1.807) is 0 Å². The maximum atomic E-state index is 5.39. The Morgan fingerprint density at radius 1 is 1.67 bits per heavy atom. The van der Waals surface area contributed by atoms with Crippen LogP contribution in [0.2, 0.25) is 0 Å². The van der Waals surface area contributed by atoms with Gasteiger partial charge in [0.2, 0.25) is 0 Å². The second-order valence-electron chi connectivity index (χ2n) is 2.88. The van der Waals surface area contributed by atoms with Crippen LogP contribution >= 0.6 is 12.2 Å². The molecule has 0 aliphatic heterocycles. The molecule has 1 aromatic rings. The van der Waals surface area contributed by atoms with Crippen molar-refractivity contribution < 1.29 is 4.74 Å². The predicted octanol–water partition coefficient (Wildman–Crippen LogP) is 1.97. The summed E-state index contributed by atoms with van der Waals surface area (Å²) in [5.41, 5.74) is 0. The fraction of sp³-hybridized carbons (Fsp3) is 0.625. The molecule has 1 N–H and O–H groups in total. The summed E-state index contributed by atoms with van der Waals surface area (Å²) in [4.78, 5) is 2.93. The minimum absolute atomic E-state index is 0.290. The zero-order chi connectivity index (χ0) is 8.97. The maximum Gasteiger partial charge on any atom is 0.177 e. The minimum atomic E-state index is 0.290. The van der Waals surface area contributed by atoms with Gasteiger partial charge in [0.1, 0.15) is 0 Å². The van der Waals surface area contributed by atoms with Gasteiger partial charge in [0.05, 0.1) is 12.7 Å². The monoisotopic (exact) mass is 186 g/mol. The van der Waals surface area contributed by atoms with Crippen molar-refractivity contribution in [3.05, 3.63) is 17.2 Å². The summed E-state index contributed by atoms with van der Waals surface area (Å²) in [5.74, 6) is 0. The Labute approximate surface area is 77.4 Å². The lowest BCUT2D eigenvalue weighted by molar-refractivity contribution is 0.0725. The van der Waals surface area contributed by atoms with Crippen LogP contribution < -0.4 is 0 Å². The Bertz CT molecular complexity index is 277. The number of H-pyrrole nitrogens is 1. The van der Waals surface area contributed by atoms with E-state index in [0.29, 0.717) is 6.61 Å². The van der Waals surface area contributed by atoms with Crippen LogP contribution in [-0.4, -0.2) is 22.3 Å². The van der Waals surface area contributed by atoms with Crippen molar-refractivity contribution >= 4 is 12.2 Å². The van der Waals surface area contributed by atoms with Gasteiger partial charge < -0.3 is 14.3 Å². The van der Waals surface area contributed by atoms with Gasteiger partial charge in [-0.05, 0) is 26.1 Å². The standard InChI is InChI=1S/C8H14N2OS/c1-7(2)11-6-5-10-4-3-9-8(10)12/h3-4,7H,5-6H2,1-2H3,(H,9,12). The SMILES string of the molecule is CC(C)OCCn1cc[nH]c1=S. The summed E-state index contributed by atoms with van der Waals surface area (Å²) >= 11 is 5.02. The first kappa shape index (κ1) is 9.48. The van der Waals surface area contributed by atoms with Gasteiger partial charge in [0.25, 0.3) is 0 Å². The van der Waals surface area contributed by atoms with Gasteiger partial charge in [-0.1, -0.05) is 0 Å². The molecule has 0 aliphatic carbocycles. The van der Waals surface area contributed by atoms with Crippen molar-refractivity contribution in [2.45, 2.75) is 26.5 Å². The van der Waals surface area contributed by atoms with Gasteiger partial charge in [-0.25, -0.2) is 0 Å². The number of imidazole rings is 1. The smallest absolute Gasteiger partial charge is 0.177 e. The van der Waals surface area contributed by atoms with E-state index in [1.807, 2.05) is 30.8 Å². The topological polar surface area (TPSA) is 29.9 Å². The molecule has 0 aromatic carbocycles. The number of aromatic amines is 1. The third-order valence-electron chi connectivity index (χ3n) is 1.51. The van der Waals surface area contributed by atoms with Crippen molar-refractivity contribution in [3.63, 3.8) is 0 Å². The van der Waals surface area contributed by atoms with E-state index >= 15 is 0 Å². The van der Waals surface area contributed by atoms with Crippen molar-refractivity contribution in [1.82, 2.24) is 9.55 Å². The molecule has 0 amide bonds. The lowest BCUT2D eigenvalue weighted by Crippen LogP contribution is -2.09. The van der Waals surface area contributed by atoms with Gasteiger partial charge in [-0.3, -0.25) is 0 Å². The number of aromatic nitrogens is 2. The number of hydrogen-bond donors (Lipinski definition) is 1. The third-order valence-corrected chi connectivity index (χ3v) is 1.86. The highest BCUT2D eigenvalue weighted by atomic mass is 32.1. The zero-order valence-electron chi connectivity index (χ0n) is 7.41. The number of nitrogens with zero attached hydrogens (tertiary/aromatic N) is 1. The lowest BCUT2D eigenvalue weighted by atomic mass is 10.5. The fourth-order valence-electron chi connectivity index (χ4n) is 0.912. The van der Waals surface area contributed by atoms with Crippen molar-refractivity contribution in [1.29, 1.82) is 0 Å². The molecule has 0 bridgehead atoms. The molecule has 0 unspecified atom stereocenters. The highest BCUT2D eigenvalue weighted by molar-refractivity contribution is 7.71. The Kier molecular flexibility index (Phi) is 3.49. The zero-order valence-corrected chi connectivity index (χ0v) is 8.23. The molecule has 4 heteroatoms. The van der Waals surface area contributed by atoms with Gasteiger partial charge in [-0.2, -0.15) is 0 Å². The molecule has 0 saturated carbocycles. The van der Waals surface area contributed by atoms with E-state index in [1.165, 1.54) is 0 Å². The van der Waals surface area contributed by atoms with Crippen molar-refractivity contribution in [2.75, 3.05) is 6.61 Å². The molecular formula is C8H14N2OS. The maximum absolute atomic E-state index is 5.39. The molecule has 1 aromatic heterocycles. The summed E-state index contributed by atoms with van der Waals surface area (Å²) in [6.45, 7) is 5.58. The highest BCUT2D eigenvalue weighted by Crippen LogP contribution is 1.93. The normalized spacial score (nSPS) is 10.9. The molecule has 1 rings (SSSR count). The first-order valence-electron chi connectivity index (χ1n) is 4.05. The van der Waals surface area contributed by atoms with Crippen LogP contribution in [0.1, 0.15) is 13.8 Å². The van der Waals surface area contributed by atoms with E-state index < -0.39 is 0 Å². The molecule has 12 heavy (non-hydrogen) atoms. The molecule has 0 saturated heterocycles. The minimum Gasteiger partial charge on any atom is -0.377 e. The van der Waals surface area contributed by atoms with Crippen LogP contribution in [-0.2, 0) is 11.3 Å². The van der Waals surface area contributed by atoms with Crippen molar-refractivity contribution in [3.8, 4) is 0 Å². The average molecular weight is 186 g/mol. The summed E-state index contributed by atoms with van der Waals surface area (Å²) in [7, 11) is 0. The van der Waals surface area contributed by atoms with E-state index in [4.69, 9.17) is 17.0 Å². The predicted molar refractivity (Wildman–Crippen MR) is 50.7 cm³/mol. The van der Waals surface area contributed by atoms with Crippen LogP contribution in [0, 0.1) is 4.77 Å². The molecule has 3 nitrogen and oxygen atoms in total. The summed E-state index contributed by atoms with van der Waals surface area (Å²) in [6.07, 6.45) is 4.04. The summed E-state index contributed by atoms with van der Waals surface area (Å²) < 4.78 is 8.10. The summed E-state index contributed by atoms with van der Waals surface area (Å²) in [6, 6.07) is 0. The van der Waals surface area contributed by atoms with Gasteiger partial charge in [0, 0.05) is 18.9 Å². The van der Waals surface area contributed by atoms with Crippen LogP contribution in [0.5, 0.6) is 0 Å². The number of hydrogen-bond acceptors (Lipinski definition) is 2. The lowest BCUT2D eigenvalue weighted by Gasteiger charge is -2.07. The average Bonchev–Trinajstić information content (AvgIpc) is 2.36. The summed E-state index contributed by atoms with van der Waals surface area (Å²) in [5, 5.41) is 0. The molecule has 0 aliphatic rings. The molecule has 0 fully saturated rings. The number of rotatable bonds is 4. The van der Waals surface area contributed by atoms with E-state index in [9.17, 15) is 0 Å². The second kappa shape index (κ2) is 4.42. The second-order valence-corrected chi connectivity index (χ2v) is 3.26. The van der Waals surface area contributed by atoms with Gasteiger partial charge in [-0.15, -0.1) is 0 Å². The van der Waals surface area contributed by atoms with E-state index in [0.717, 1.165) is 11.3 Å². The van der Waals surface area contributed by atoms with Gasteiger partial charge in [0.15, 0.2) is 4.77 Å². The Morgan fingerprint density at radius 3 is 2.92 bits per heavy atom. The largest absolute Gasteiger partial charge is 0.377 e. The number of ether oxygens (including phenoxy) is 1. The quantitative estimate of drug-likeness (QED) is 0.729. The fourth-order valence-corrected chi connectivity index (χ4v) is 1.13. The van der Waals surface area contributed by atoms with Crippen LogP contribution in [0.4, 0.5) is 0 Å². The first-order valence-corrected chi connectivity index (χ1v) is 4.46. The van der Waals surface area contributed by atoms with Crippen LogP contribution in [0.25, 0.3) is 0 Å². The van der Waals surface area contributed by atoms with Gasteiger partial charge >= 0.3 is 0 Å². The third kappa shape index (κ3) is 2.79. The number of nitrogens with one attached hydrogen (secondary N) is 1. The van der Waals surface area contributed by atoms with Crippen LogP contribution in [0.15, 0.2) is 12.4 Å². The van der Waals surface area contributed by atoms with E-state index in [-0.39, 0.29) is 6.10 Å². The Morgan fingerprint density at radius 2 is 2.42 bits per heavy atom. The van der Waals surface area contributed by atoms with E-state index in [2.05, 4.69) is 4.98 Å². The molecule has 68 valence electrons. The molecule has 0 atom stereocenters. The highest BCUT2D eigenvalue weighted by Gasteiger charge is 1.94. The molecule has 1 heterocycles. The van der Waals surface area contributed by atoms with Crippen molar-refractivity contribution in [2.24, 2.45) is 0 Å². The first-order chi connectivity index (χ1) is 5.70. The Balaban J connectivity index is 2.34.